The predicted molar refractivity (Wildman–Crippen MR) is 69.4 cm³/mol. The number of rotatable bonds is 4. The maximum Gasteiger partial charge on any atom is 0.319 e. The molecule has 1 saturated heterocycles. The van der Waals surface area contributed by atoms with Crippen molar-refractivity contribution in [2.45, 2.75) is 63.6 Å². The fourth-order valence-electron chi connectivity index (χ4n) is 3.15. The van der Waals surface area contributed by atoms with E-state index in [-0.39, 0.29) is 11.6 Å². The van der Waals surface area contributed by atoms with Crippen molar-refractivity contribution in [3.8, 4) is 0 Å². The van der Waals surface area contributed by atoms with Gasteiger partial charge in [-0.25, -0.2) is 0 Å². The third-order valence-electron chi connectivity index (χ3n) is 4.40. The largest absolute Gasteiger partial charge is 0.468 e. The first-order valence-electron chi connectivity index (χ1n) is 7.03. The molecule has 18 heavy (non-hydrogen) atoms. The molecule has 4 heteroatoms. The van der Waals surface area contributed by atoms with E-state index in [0.717, 1.165) is 19.4 Å². The summed E-state index contributed by atoms with van der Waals surface area (Å²) in [6.07, 6.45) is 5.76. The number of ether oxygens (including phenoxy) is 2. The van der Waals surface area contributed by atoms with Crippen molar-refractivity contribution in [1.29, 1.82) is 0 Å². The minimum atomic E-state index is -0.141. The summed E-state index contributed by atoms with van der Waals surface area (Å²) in [6.45, 7) is 5.52. The number of esters is 1. The fraction of sp³-hybridized carbons (Fsp3) is 0.929. The molecule has 4 nitrogen and oxygen atoms in total. The molecule has 0 aromatic carbocycles. The lowest BCUT2D eigenvalue weighted by molar-refractivity contribution is -0.158. The number of methoxy groups -OCH3 is 1. The first-order chi connectivity index (χ1) is 8.56. The summed E-state index contributed by atoms with van der Waals surface area (Å²) in [7, 11) is 1.46. The molecule has 1 heterocycles. The molecular formula is C14H25NO3. The number of hydrogen-bond acceptors (Lipinski definition) is 4. The number of hydrogen-bond donors (Lipinski definition) is 0. The van der Waals surface area contributed by atoms with Gasteiger partial charge in [-0.3, -0.25) is 9.69 Å². The highest BCUT2D eigenvalue weighted by Crippen LogP contribution is 2.43. The second kappa shape index (κ2) is 5.57. The molecule has 1 aliphatic carbocycles. The Hall–Kier alpha value is -0.610. The molecule has 0 bridgehead atoms. The van der Waals surface area contributed by atoms with Crippen molar-refractivity contribution in [3.05, 3.63) is 0 Å². The molecule has 0 aromatic rings. The topological polar surface area (TPSA) is 38.8 Å². The SMILES string of the molecule is COC(=O)CN(C(C)C)C1CCOC2(CCC2)C1. The van der Waals surface area contributed by atoms with Gasteiger partial charge in [0.1, 0.15) is 0 Å². The number of nitrogens with zero attached hydrogens (tertiary/aromatic N) is 1. The zero-order valence-corrected chi connectivity index (χ0v) is 11.8. The van der Waals surface area contributed by atoms with Crippen LogP contribution in [0, 0.1) is 0 Å². The van der Waals surface area contributed by atoms with Gasteiger partial charge in [-0.2, -0.15) is 0 Å². The van der Waals surface area contributed by atoms with E-state index < -0.39 is 0 Å². The van der Waals surface area contributed by atoms with E-state index in [1.54, 1.807) is 0 Å². The van der Waals surface area contributed by atoms with Crippen LogP contribution < -0.4 is 0 Å². The molecular weight excluding hydrogens is 230 g/mol. The van der Waals surface area contributed by atoms with Crippen LogP contribution in [-0.2, 0) is 14.3 Å². The maximum atomic E-state index is 11.5. The van der Waals surface area contributed by atoms with E-state index >= 15 is 0 Å². The second-order valence-electron chi connectivity index (χ2n) is 5.87. The van der Waals surface area contributed by atoms with Crippen LogP contribution in [0.15, 0.2) is 0 Å². The lowest BCUT2D eigenvalue weighted by Crippen LogP contribution is -2.54. The van der Waals surface area contributed by atoms with Crippen LogP contribution in [0.1, 0.15) is 46.0 Å². The summed E-state index contributed by atoms with van der Waals surface area (Å²) in [5.74, 6) is -0.141. The maximum absolute atomic E-state index is 11.5. The Kier molecular flexibility index (Phi) is 4.28. The molecule has 1 saturated carbocycles. The molecule has 2 fully saturated rings. The molecule has 1 spiro atoms. The second-order valence-corrected chi connectivity index (χ2v) is 5.87. The van der Waals surface area contributed by atoms with Crippen LogP contribution in [0.5, 0.6) is 0 Å². The van der Waals surface area contributed by atoms with Gasteiger partial charge in [0.2, 0.25) is 0 Å². The van der Waals surface area contributed by atoms with E-state index in [1.807, 2.05) is 0 Å². The number of carbonyl (C=O) groups is 1. The summed E-state index contributed by atoms with van der Waals surface area (Å²) < 4.78 is 10.8. The first kappa shape index (κ1) is 13.8. The van der Waals surface area contributed by atoms with E-state index in [4.69, 9.17) is 9.47 Å². The van der Waals surface area contributed by atoms with Crippen LogP contribution in [0.3, 0.4) is 0 Å². The van der Waals surface area contributed by atoms with Crippen molar-refractivity contribution < 1.29 is 14.3 Å². The highest BCUT2D eigenvalue weighted by Gasteiger charge is 2.44. The summed E-state index contributed by atoms with van der Waals surface area (Å²) in [4.78, 5) is 13.8. The molecule has 0 aromatic heterocycles. The monoisotopic (exact) mass is 255 g/mol. The van der Waals surface area contributed by atoms with Crippen molar-refractivity contribution in [2.24, 2.45) is 0 Å². The van der Waals surface area contributed by atoms with Crippen LogP contribution in [0.25, 0.3) is 0 Å². The highest BCUT2D eigenvalue weighted by molar-refractivity contribution is 5.71. The molecule has 2 aliphatic rings. The minimum Gasteiger partial charge on any atom is -0.468 e. The lowest BCUT2D eigenvalue weighted by Gasteiger charge is -2.50. The molecule has 0 amide bonds. The summed E-state index contributed by atoms with van der Waals surface area (Å²) >= 11 is 0. The Morgan fingerprint density at radius 2 is 2.22 bits per heavy atom. The third kappa shape index (κ3) is 2.86. The lowest BCUT2D eigenvalue weighted by atomic mass is 9.73. The molecule has 0 radical (unpaired) electrons. The molecule has 2 rings (SSSR count). The average molecular weight is 255 g/mol. The highest BCUT2D eigenvalue weighted by atomic mass is 16.5. The van der Waals surface area contributed by atoms with Crippen LogP contribution >= 0.6 is 0 Å². The standard InChI is InChI=1S/C14H25NO3/c1-11(2)15(10-13(16)17-3)12-5-8-18-14(9-12)6-4-7-14/h11-12H,4-10H2,1-3H3. The van der Waals surface area contributed by atoms with Gasteiger partial charge in [-0.15, -0.1) is 0 Å². The van der Waals surface area contributed by atoms with E-state index in [9.17, 15) is 4.79 Å². The Morgan fingerprint density at radius 1 is 1.50 bits per heavy atom. The Morgan fingerprint density at radius 3 is 2.72 bits per heavy atom. The molecule has 1 unspecified atom stereocenters. The van der Waals surface area contributed by atoms with Gasteiger partial charge in [0.15, 0.2) is 0 Å². The van der Waals surface area contributed by atoms with E-state index in [2.05, 4.69) is 18.7 Å². The molecule has 104 valence electrons. The van der Waals surface area contributed by atoms with E-state index in [1.165, 1.54) is 26.4 Å². The summed E-state index contributed by atoms with van der Waals surface area (Å²) in [5.41, 5.74) is 0.131. The normalized spacial score (nSPS) is 26.4. The van der Waals surface area contributed by atoms with Crippen molar-refractivity contribution in [2.75, 3.05) is 20.3 Å². The Labute approximate surface area is 110 Å². The third-order valence-corrected chi connectivity index (χ3v) is 4.40. The zero-order chi connectivity index (χ0) is 13.2. The van der Waals surface area contributed by atoms with Crippen LogP contribution in [0.4, 0.5) is 0 Å². The van der Waals surface area contributed by atoms with Crippen LogP contribution in [-0.4, -0.2) is 48.8 Å². The van der Waals surface area contributed by atoms with Gasteiger partial charge in [0, 0.05) is 18.7 Å². The van der Waals surface area contributed by atoms with Gasteiger partial charge in [-0.05, 0) is 46.0 Å². The average Bonchev–Trinajstić information content (AvgIpc) is 2.33. The molecule has 0 N–H and O–H groups in total. The van der Waals surface area contributed by atoms with Gasteiger partial charge in [0.05, 0.1) is 19.3 Å². The van der Waals surface area contributed by atoms with E-state index in [0.29, 0.717) is 18.6 Å². The van der Waals surface area contributed by atoms with Gasteiger partial charge >= 0.3 is 5.97 Å². The quantitative estimate of drug-likeness (QED) is 0.720. The van der Waals surface area contributed by atoms with Gasteiger partial charge in [-0.1, -0.05) is 0 Å². The predicted octanol–water partition coefficient (Wildman–Crippen LogP) is 1.97. The van der Waals surface area contributed by atoms with Gasteiger partial charge in [0.25, 0.3) is 0 Å². The Bertz CT molecular complexity index is 299. The van der Waals surface area contributed by atoms with Crippen LogP contribution in [0.2, 0.25) is 0 Å². The first-order valence-corrected chi connectivity index (χ1v) is 7.03. The smallest absolute Gasteiger partial charge is 0.319 e. The van der Waals surface area contributed by atoms with Gasteiger partial charge < -0.3 is 9.47 Å². The zero-order valence-electron chi connectivity index (χ0n) is 11.8. The Balaban J connectivity index is 1.98. The number of carbonyl (C=O) groups excluding carboxylic acids is 1. The van der Waals surface area contributed by atoms with Crippen molar-refractivity contribution >= 4 is 5.97 Å². The van der Waals surface area contributed by atoms with Crippen molar-refractivity contribution in [3.63, 3.8) is 0 Å². The summed E-state index contributed by atoms with van der Waals surface area (Å²) in [5, 5.41) is 0. The van der Waals surface area contributed by atoms with Crippen molar-refractivity contribution in [1.82, 2.24) is 4.90 Å². The minimum absolute atomic E-state index is 0.131. The fourth-order valence-corrected chi connectivity index (χ4v) is 3.15. The molecule has 1 aliphatic heterocycles. The molecule has 1 atom stereocenters. The summed E-state index contributed by atoms with van der Waals surface area (Å²) in [6, 6.07) is 0.822.